The topological polar surface area (TPSA) is 75.4 Å². The van der Waals surface area contributed by atoms with E-state index in [4.69, 9.17) is 5.11 Å². The van der Waals surface area contributed by atoms with Crippen LogP contribution in [0.15, 0.2) is 17.3 Å². The van der Waals surface area contributed by atoms with Gasteiger partial charge in [-0.3, -0.25) is 4.68 Å². The van der Waals surface area contributed by atoms with Gasteiger partial charge < -0.3 is 5.11 Å². The molecule has 7 heteroatoms. The van der Waals surface area contributed by atoms with E-state index in [1.54, 1.807) is 0 Å². The van der Waals surface area contributed by atoms with Gasteiger partial charge in [0, 0.05) is 19.3 Å². The van der Waals surface area contributed by atoms with Gasteiger partial charge in [0.1, 0.15) is 4.90 Å². The molecule has 1 aliphatic rings. The minimum Gasteiger partial charge on any atom is -0.394 e. The molecule has 96 valence electrons. The Balaban J connectivity index is 2.18. The van der Waals surface area contributed by atoms with Gasteiger partial charge in [-0.2, -0.15) is 9.40 Å². The number of aliphatic hydroxyl groups excluding tert-OH is 1. The molecule has 0 spiro atoms. The van der Waals surface area contributed by atoms with E-state index >= 15 is 0 Å². The van der Waals surface area contributed by atoms with E-state index in [2.05, 4.69) is 5.10 Å². The van der Waals surface area contributed by atoms with E-state index in [9.17, 15) is 8.42 Å². The average molecular weight is 259 g/mol. The van der Waals surface area contributed by atoms with Crippen LogP contribution < -0.4 is 0 Å². The summed E-state index contributed by atoms with van der Waals surface area (Å²) in [6, 6.07) is 0. The Labute approximate surface area is 101 Å². The standard InChI is InChI=1S/C10H17N3O3S/c14-7-6-12-9-10(8-11-12)17(15,16)13-4-2-1-3-5-13/h8-9,14H,1-7H2. The molecule has 0 aliphatic carbocycles. The monoisotopic (exact) mass is 259 g/mol. The van der Waals surface area contributed by atoms with E-state index in [0.717, 1.165) is 19.3 Å². The predicted molar refractivity (Wildman–Crippen MR) is 61.9 cm³/mol. The second kappa shape index (κ2) is 5.16. The molecule has 1 aliphatic heterocycles. The molecular weight excluding hydrogens is 242 g/mol. The van der Waals surface area contributed by atoms with Crippen LogP contribution in [0.4, 0.5) is 0 Å². The zero-order chi connectivity index (χ0) is 12.3. The van der Waals surface area contributed by atoms with Crippen molar-refractivity contribution in [3.8, 4) is 0 Å². The quantitative estimate of drug-likeness (QED) is 0.829. The summed E-state index contributed by atoms with van der Waals surface area (Å²) in [4.78, 5) is 0.216. The van der Waals surface area contributed by atoms with Crippen LogP contribution in [-0.2, 0) is 16.6 Å². The summed E-state index contributed by atoms with van der Waals surface area (Å²) in [6.45, 7) is 1.45. The third kappa shape index (κ3) is 2.67. The lowest BCUT2D eigenvalue weighted by molar-refractivity contribution is 0.269. The molecule has 1 N–H and O–H groups in total. The van der Waals surface area contributed by atoms with E-state index in [0.29, 0.717) is 19.6 Å². The van der Waals surface area contributed by atoms with Gasteiger partial charge in [0.05, 0.1) is 19.3 Å². The molecule has 1 aromatic heterocycles. The van der Waals surface area contributed by atoms with E-state index in [1.807, 2.05) is 0 Å². The molecule has 0 atom stereocenters. The summed E-state index contributed by atoms with van der Waals surface area (Å²) in [5.74, 6) is 0. The van der Waals surface area contributed by atoms with Gasteiger partial charge in [0.15, 0.2) is 0 Å². The first-order valence-electron chi connectivity index (χ1n) is 5.78. The SMILES string of the molecule is O=S(=O)(c1cnn(CCO)c1)N1CCCCC1. The van der Waals surface area contributed by atoms with Crippen LogP contribution in [0.1, 0.15) is 19.3 Å². The molecule has 0 aromatic carbocycles. The van der Waals surface area contributed by atoms with Crippen molar-refractivity contribution in [3.05, 3.63) is 12.4 Å². The van der Waals surface area contributed by atoms with Crippen LogP contribution in [0.5, 0.6) is 0 Å². The van der Waals surface area contributed by atoms with Crippen LogP contribution in [0.2, 0.25) is 0 Å². The van der Waals surface area contributed by atoms with Crippen molar-refractivity contribution in [2.24, 2.45) is 0 Å². The number of hydrogen-bond donors (Lipinski definition) is 1. The minimum absolute atomic E-state index is 0.0507. The van der Waals surface area contributed by atoms with Crippen LogP contribution in [0.25, 0.3) is 0 Å². The molecule has 2 rings (SSSR count). The second-order valence-corrected chi connectivity index (χ2v) is 6.07. The maximum absolute atomic E-state index is 12.2. The maximum atomic E-state index is 12.2. The Hall–Kier alpha value is -0.920. The number of aromatic nitrogens is 2. The van der Waals surface area contributed by atoms with E-state index < -0.39 is 10.0 Å². The summed E-state index contributed by atoms with van der Waals surface area (Å²) in [5, 5.41) is 12.7. The van der Waals surface area contributed by atoms with Crippen molar-refractivity contribution in [2.45, 2.75) is 30.7 Å². The average Bonchev–Trinajstić information content (AvgIpc) is 2.80. The van der Waals surface area contributed by atoms with E-state index in [-0.39, 0.29) is 11.5 Å². The normalized spacial score (nSPS) is 18.4. The highest BCUT2D eigenvalue weighted by atomic mass is 32.2. The Morgan fingerprint density at radius 2 is 2.00 bits per heavy atom. The first kappa shape index (κ1) is 12.5. The van der Waals surface area contributed by atoms with Crippen LogP contribution in [0.3, 0.4) is 0 Å². The lowest BCUT2D eigenvalue weighted by Gasteiger charge is -2.25. The molecule has 0 amide bonds. The highest BCUT2D eigenvalue weighted by Crippen LogP contribution is 2.19. The summed E-state index contributed by atoms with van der Waals surface area (Å²) in [5.41, 5.74) is 0. The van der Waals surface area contributed by atoms with E-state index in [1.165, 1.54) is 21.4 Å². The maximum Gasteiger partial charge on any atom is 0.246 e. The highest BCUT2D eigenvalue weighted by Gasteiger charge is 2.26. The predicted octanol–water partition coefficient (Wildman–Crippen LogP) is 0.0500. The zero-order valence-electron chi connectivity index (χ0n) is 9.62. The first-order valence-corrected chi connectivity index (χ1v) is 7.22. The molecule has 2 heterocycles. The molecule has 0 saturated carbocycles. The Morgan fingerprint density at radius 3 is 2.65 bits per heavy atom. The summed E-state index contributed by atoms with van der Waals surface area (Å²) in [7, 11) is -3.39. The van der Waals surface area contributed by atoms with Crippen molar-refractivity contribution in [3.63, 3.8) is 0 Å². The van der Waals surface area contributed by atoms with Crippen molar-refractivity contribution in [1.29, 1.82) is 0 Å². The molecule has 1 saturated heterocycles. The number of rotatable bonds is 4. The smallest absolute Gasteiger partial charge is 0.246 e. The number of piperidine rings is 1. The Morgan fingerprint density at radius 1 is 1.29 bits per heavy atom. The van der Waals surface area contributed by atoms with Gasteiger partial charge in [0.2, 0.25) is 10.0 Å². The minimum atomic E-state index is -3.39. The van der Waals surface area contributed by atoms with Crippen molar-refractivity contribution < 1.29 is 13.5 Å². The fourth-order valence-corrected chi connectivity index (χ4v) is 3.43. The zero-order valence-corrected chi connectivity index (χ0v) is 10.4. The van der Waals surface area contributed by atoms with Crippen molar-refractivity contribution in [1.82, 2.24) is 14.1 Å². The van der Waals surface area contributed by atoms with Crippen molar-refractivity contribution >= 4 is 10.0 Å². The molecule has 0 unspecified atom stereocenters. The molecule has 6 nitrogen and oxygen atoms in total. The number of aliphatic hydroxyl groups is 1. The van der Waals surface area contributed by atoms with Crippen LogP contribution in [0, 0.1) is 0 Å². The second-order valence-electron chi connectivity index (χ2n) is 4.13. The number of sulfonamides is 1. The molecule has 0 bridgehead atoms. The van der Waals surface area contributed by atoms with Gasteiger partial charge in [-0.25, -0.2) is 8.42 Å². The third-order valence-electron chi connectivity index (χ3n) is 2.89. The molecule has 17 heavy (non-hydrogen) atoms. The first-order chi connectivity index (χ1) is 8.14. The van der Waals surface area contributed by atoms with Gasteiger partial charge in [0.25, 0.3) is 0 Å². The summed E-state index contributed by atoms with van der Waals surface area (Å²) < 4.78 is 27.4. The largest absolute Gasteiger partial charge is 0.394 e. The molecule has 1 fully saturated rings. The van der Waals surface area contributed by atoms with Gasteiger partial charge in [-0.1, -0.05) is 6.42 Å². The fourth-order valence-electron chi connectivity index (χ4n) is 1.96. The van der Waals surface area contributed by atoms with Gasteiger partial charge in [-0.15, -0.1) is 0 Å². The summed E-state index contributed by atoms with van der Waals surface area (Å²) >= 11 is 0. The number of nitrogens with zero attached hydrogens (tertiary/aromatic N) is 3. The van der Waals surface area contributed by atoms with Gasteiger partial charge >= 0.3 is 0 Å². The Kier molecular flexibility index (Phi) is 3.80. The molecule has 0 radical (unpaired) electrons. The van der Waals surface area contributed by atoms with Gasteiger partial charge in [-0.05, 0) is 12.8 Å². The Bertz CT molecular complexity index is 463. The molecular formula is C10H17N3O3S. The van der Waals surface area contributed by atoms with Crippen LogP contribution in [-0.4, -0.2) is 47.3 Å². The lowest BCUT2D eigenvalue weighted by atomic mass is 10.2. The highest BCUT2D eigenvalue weighted by molar-refractivity contribution is 7.89. The summed E-state index contributed by atoms with van der Waals surface area (Å²) in [6.07, 6.45) is 5.75. The lowest BCUT2D eigenvalue weighted by Crippen LogP contribution is -2.35. The fraction of sp³-hybridized carbons (Fsp3) is 0.700. The molecule has 1 aromatic rings. The third-order valence-corrected chi connectivity index (χ3v) is 4.74. The van der Waals surface area contributed by atoms with Crippen LogP contribution >= 0.6 is 0 Å². The number of hydrogen-bond acceptors (Lipinski definition) is 4. The van der Waals surface area contributed by atoms with Crippen molar-refractivity contribution in [2.75, 3.05) is 19.7 Å².